The number of nitrogens with one attached hydrogen (secondary N) is 1. The number of hydrogen-bond acceptors (Lipinski definition) is 2. The van der Waals surface area contributed by atoms with E-state index in [1.165, 1.54) is 12.1 Å². The fraction of sp³-hybridized carbons (Fsp3) is 0.211. The summed E-state index contributed by atoms with van der Waals surface area (Å²) in [6.45, 7) is 0. The van der Waals surface area contributed by atoms with Crippen molar-refractivity contribution in [1.82, 2.24) is 0 Å². The third-order valence-electron chi connectivity index (χ3n) is 4.91. The van der Waals surface area contributed by atoms with Crippen molar-refractivity contribution < 1.29 is 14.3 Å². The van der Waals surface area contributed by atoms with Gasteiger partial charge in [0.05, 0.1) is 22.3 Å². The van der Waals surface area contributed by atoms with Crippen LogP contribution in [-0.2, 0) is 0 Å². The molecule has 0 aromatic heterocycles. The summed E-state index contributed by atoms with van der Waals surface area (Å²) in [4.78, 5) is 11.3. The van der Waals surface area contributed by atoms with Crippen molar-refractivity contribution in [3.63, 3.8) is 0 Å². The fourth-order valence-corrected chi connectivity index (χ4v) is 4.10. The van der Waals surface area contributed by atoms with Crippen molar-refractivity contribution >= 4 is 23.3 Å². The maximum atomic E-state index is 14.3. The standard InChI is InChI=1S/C19H15ClFNO2/c20-15-9-10(19(23)24)8-14-11-5-3-6-12(11)17(22-18(14)15)13-4-1-2-7-16(13)21/h1-5,7-9,11-12,17,22H,6H2,(H,23,24)/t11-,12+,17-/m1/s1. The van der Waals surface area contributed by atoms with Gasteiger partial charge < -0.3 is 10.4 Å². The Balaban J connectivity index is 1.85. The smallest absolute Gasteiger partial charge is 0.335 e. The van der Waals surface area contributed by atoms with E-state index in [1.54, 1.807) is 18.2 Å². The van der Waals surface area contributed by atoms with Crippen molar-refractivity contribution in [3.8, 4) is 0 Å². The molecule has 3 atom stereocenters. The molecule has 0 saturated carbocycles. The number of allylic oxidation sites excluding steroid dienone is 2. The second-order valence-corrected chi connectivity index (χ2v) is 6.63. The number of halogens is 2. The normalized spacial score (nSPS) is 24.2. The molecule has 0 bridgehead atoms. The van der Waals surface area contributed by atoms with Crippen LogP contribution >= 0.6 is 11.6 Å². The highest BCUT2D eigenvalue weighted by Crippen LogP contribution is 2.52. The van der Waals surface area contributed by atoms with Crippen LogP contribution in [0.1, 0.15) is 39.9 Å². The number of hydrogen-bond donors (Lipinski definition) is 2. The van der Waals surface area contributed by atoms with E-state index in [2.05, 4.69) is 17.5 Å². The van der Waals surface area contributed by atoms with Crippen LogP contribution in [0.25, 0.3) is 0 Å². The summed E-state index contributed by atoms with van der Waals surface area (Å²) in [6, 6.07) is 9.64. The van der Waals surface area contributed by atoms with Crippen LogP contribution in [0, 0.1) is 11.7 Å². The molecular formula is C19H15ClFNO2. The maximum Gasteiger partial charge on any atom is 0.335 e. The van der Waals surface area contributed by atoms with Gasteiger partial charge in [-0.15, -0.1) is 0 Å². The summed E-state index contributed by atoms with van der Waals surface area (Å²) in [6.07, 6.45) is 4.95. The minimum atomic E-state index is -1.01. The largest absolute Gasteiger partial charge is 0.478 e. The third kappa shape index (κ3) is 2.29. The van der Waals surface area contributed by atoms with Crippen LogP contribution in [0.4, 0.5) is 10.1 Å². The lowest BCUT2D eigenvalue weighted by Crippen LogP contribution is -2.30. The predicted molar refractivity (Wildman–Crippen MR) is 91.2 cm³/mol. The van der Waals surface area contributed by atoms with Gasteiger partial charge in [-0.1, -0.05) is 42.0 Å². The molecule has 122 valence electrons. The first-order valence-corrected chi connectivity index (χ1v) is 8.18. The van der Waals surface area contributed by atoms with Gasteiger partial charge in [-0.05, 0) is 36.1 Å². The molecular weight excluding hydrogens is 329 g/mol. The summed E-state index contributed by atoms with van der Waals surface area (Å²) >= 11 is 6.33. The van der Waals surface area contributed by atoms with E-state index in [0.717, 1.165) is 12.0 Å². The molecule has 1 aliphatic carbocycles. The highest BCUT2D eigenvalue weighted by Gasteiger charge is 2.40. The molecule has 2 aliphatic rings. The molecule has 0 amide bonds. The number of carboxylic acids is 1. The first-order chi connectivity index (χ1) is 11.6. The molecule has 1 aliphatic heterocycles. The quantitative estimate of drug-likeness (QED) is 0.754. The first kappa shape index (κ1) is 15.2. The molecule has 0 fully saturated rings. The Morgan fingerprint density at radius 1 is 1.25 bits per heavy atom. The Hall–Kier alpha value is -2.33. The van der Waals surface area contributed by atoms with Gasteiger partial charge in [0.15, 0.2) is 0 Å². The number of aromatic carboxylic acids is 1. The number of benzene rings is 2. The van der Waals surface area contributed by atoms with E-state index in [-0.39, 0.29) is 29.3 Å². The lowest BCUT2D eigenvalue weighted by molar-refractivity contribution is 0.0696. The van der Waals surface area contributed by atoms with Gasteiger partial charge in [-0.25, -0.2) is 9.18 Å². The van der Waals surface area contributed by atoms with Crippen LogP contribution in [0.2, 0.25) is 5.02 Å². The van der Waals surface area contributed by atoms with E-state index < -0.39 is 5.97 Å². The van der Waals surface area contributed by atoms with Crippen LogP contribution in [0.5, 0.6) is 0 Å². The monoisotopic (exact) mass is 343 g/mol. The van der Waals surface area contributed by atoms with Crippen LogP contribution in [0.15, 0.2) is 48.6 Å². The van der Waals surface area contributed by atoms with Crippen LogP contribution < -0.4 is 5.32 Å². The fourth-order valence-electron chi connectivity index (χ4n) is 3.81. The van der Waals surface area contributed by atoms with Gasteiger partial charge in [0.2, 0.25) is 0 Å². The highest BCUT2D eigenvalue weighted by molar-refractivity contribution is 6.33. The number of carbonyl (C=O) groups is 1. The average Bonchev–Trinajstić information content (AvgIpc) is 3.05. The molecule has 24 heavy (non-hydrogen) atoms. The molecule has 3 nitrogen and oxygen atoms in total. The summed E-state index contributed by atoms with van der Waals surface area (Å²) in [5.74, 6) is -1.09. The highest BCUT2D eigenvalue weighted by atomic mass is 35.5. The molecule has 0 spiro atoms. The first-order valence-electron chi connectivity index (χ1n) is 7.80. The SMILES string of the molecule is O=C(O)c1cc(Cl)c2c(c1)[C@@H]1C=CC[C@@H]1[C@H](c1ccccc1F)N2. The van der Waals surface area contributed by atoms with Gasteiger partial charge in [0, 0.05) is 11.5 Å². The Labute approximate surface area is 143 Å². The molecule has 2 aromatic carbocycles. The van der Waals surface area contributed by atoms with Crippen molar-refractivity contribution in [2.45, 2.75) is 18.4 Å². The maximum absolute atomic E-state index is 14.3. The molecule has 0 radical (unpaired) electrons. The second-order valence-electron chi connectivity index (χ2n) is 6.22. The lowest BCUT2D eigenvalue weighted by atomic mass is 9.76. The van der Waals surface area contributed by atoms with Crippen LogP contribution in [0.3, 0.4) is 0 Å². The molecule has 0 unspecified atom stereocenters. The van der Waals surface area contributed by atoms with Crippen molar-refractivity contribution in [3.05, 3.63) is 76.1 Å². The van der Waals surface area contributed by atoms with E-state index in [0.29, 0.717) is 16.3 Å². The van der Waals surface area contributed by atoms with Gasteiger partial charge in [0.1, 0.15) is 5.82 Å². The van der Waals surface area contributed by atoms with E-state index in [4.69, 9.17) is 11.6 Å². The molecule has 1 heterocycles. The Bertz CT molecular complexity index is 864. The van der Waals surface area contributed by atoms with Crippen LogP contribution in [-0.4, -0.2) is 11.1 Å². The number of fused-ring (bicyclic) bond motifs is 3. The average molecular weight is 344 g/mol. The van der Waals surface area contributed by atoms with Gasteiger partial charge in [-0.2, -0.15) is 0 Å². The molecule has 5 heteroatoms. The summed E-state index contributed by atoms with van der Waals surface area (Å²) in [5, 5.41) is 13.0. The number of carboxylic acid groups (broad SMARTS) is 1. The zero-order valence-corrected chi connectivity index (χ0v) is 13.4. The Morgan fingerprint density at radius 2 is 2.04 bits per heavy atom. The van der Waals surface area contributed by atoms with Gasteiger partial charge in [0.25, 0.3) is 0 Å². The third-order valence-corrected chi connectivity index (χ3v) is 5.21. The zero-order valence-electron chi connectivity index (χ0n) is 12.7. The minimum absolute atomic E-state index is 0.0302. The second kappa shape index (κ2) is 5.64. The van der Waals surface area contributed by atoms with Crippen molar-refractivity contribution in [1.29, 1.82) is 0 Å². The topological polar surface area (TPSA) is 49.3 Å². The molecule has 2 N–H and O–H groups in total. The Kier molecular flexibility index (Phi) is 3.57. The molecule has 2 aromatic rings. The Morgan fingerprint density at radius 3 is 2.79 bits per heavy atom. The predicted octanol–water partition coefficient (Wildman–Crippen LogP) is 5.00. The van der Waals surface area contributed by atoms with E-state index >= 15 is 0 Å². The summed E-state index contributed by atoms with van der Waals surface area (Å²) in [7, 11) is 0. The summed E-state index contributed by atoms with van der Waals surface area (Å²) in [5.41, 5.74) is 2.35. The van der Waals surface area contributed by atoms with E-state index in [1.807, 2.05) is 6.07 Å². The number of rotatable bonds is 2. The van der Waals surface area contributed by atoms with Gasteiger partial charge in [-0.3, -0.25) is 0 Å². The molecule has 0 saturated heterocycles. The molecule has 4 rings (SSSR count). The number of anilines is 1. The minimum Gasteiger partial charge on any atom is -0.478 e. The summed E-state index contributed by atoms with van der Waals surface area (Å²) < 4.78 is 14.3. The lowest BCUT2D eigenvalue weighted by Gasteiger charge is -2.38. The van der Waals surface area contributed by atoms with Crippen molar-refractivity contribution in [2.75, 3.05) is 5.32 Å². The van der Waals surface area contributed by atoms with Gasteiger partial charge >= 0.3 is 5.97 Å². The van der Waals surface area contributed by atoms with Crippen molar-refractivity contribution in [2.24, 2.45) is 5.92 Å². The van der Waals surface area contributed by atoms with E-state index in [9.17, 15) is 14.3 Å². The zero-order chi connectivity index (χ0) is 16.8.